The number of hydrogen-bond acceptors (Lipinski definition) is 1. The predicted octanol–water partition coefficient (Wildman–Crippen LogP) is 2.45. The zero-order chi connectivity index (χ0) is 9.03. The molecular formula is C7H7F3OSi. The van der Waals surface area contributed by atoms with Crippen molar-refractivity contribution in [3.63, 3.8) is 0 Å². The third-order valence-corrected chi connectivity index (χ3v) is 1.62. The zero-order valence-electron chi connectivity index (χ0n) is 6.14. The molecule has 0 bridgehead atoms. The third-order valence-electron chi connectivity index (χ3n) is 1.15. The van der Waals surface area contributed by atoms with E-state index in [1.165, 1.54) is 12.1 Å². The summed E-state index contributed by atoms with van der Waals surface area (Å²) in [5.41, 5.74) is 0. The Morgan fingerprint density at radius 3 is 2.17 bits per heavy atom. The second-order valence-corrected chi connectivity index (χ2v) is 3.74. The smallest absolute Gasteiger partial charge is 0.488 e. The molecule has 1 aromatic rings. The van der Waals surface area contributed by atoms with Crippen LogP contribution in [-0.2, 0) is 0 Å². The fourth-order valence-corrected chi connectivity index (χ4v) is 1.01. The van der Waals surface area contributed by atoms with Gasteiger partial charge in [0.15, 0.2) is 6.23 Å². The van der Waals surface area contributed by atoms with Crippen molar-refractivity contribution in [2.45, 2.75) is 0 Å². The standard InChI is InChI=1S/C7H7F3OSi/c8-12(9,10)6-11-7-4-2-1-3-5-7/h1-5H,6H2. The molecule has 1 nitrogen and oxygen atoms in total. The van der Waals surface area contributed by atoms with E-state index in [1.54, 1.807) is 18.2 Å². The molecule has 12 heavy (non-hydrogen) atoms. The highest BCUT2D eigenvalue weighted by Gasteiger charge is 2.38. The van der Waals surface area contributed by atoms with Crippen molar-refractivity contribution in [2.24, 2.45) is 0 Å². The van der Waals surface area contributed by atoms with E-state index in [0.717, 1.165) is 0 Å². The van der Waals surface area contributed by atoms with E-state index >= 15 is 0 Å². The molecule has 0 aromatic heterocycles. The summed E-state index contributed by atoms with van der Waals surface area (Å²) in [5, 5.41) is 0. The molecule has 0 atom stereocenters. The zero-order valence-corrected chi connectivity index (χ0v) is 7.14. The molecule has 0 heterocycles. The summed E-state index contributed by atoms with van der Waals surface area (Å²) in [7, 11) is -5.56. The Bertz CT molecular complexity index is 234. The quantitative estimate of drug-likeness (QED) is 0.528. The van der Waals surface area contributed by atoms with E-state index in [-0.39, 0.29) is 5.75 Å². The molecule has 0 aliphatic heterocycles. The van der Waals surface area contributed by atoms with Crippen LogP contribution in [0.25, 0.3) is 0 Å². The third kappa shape index (κ3) is 3.43. The number of ether oxygens (including phenoxy) is 1. The highest BCUT2D eigenvalue weighted by atomic mass is 28.5. The van der Waals surface area contributed by atoms with E-state index < -0.39 is 15.3 Å². The SMILES string of the molecule is F[Si](F)(F)COc1ccccc1. The van der Waals surface area contributed by atoms with E-state index in [2.05, 4.69) is 4.74 Å². The first kappa shape index (κ1) is 9.12. The van der Waals surface area contributed by atoms with Crippen LogP contribution in [-0.4, -0.2) is 15.3 Å². The van der Waals surface area contributed by atoms with Gasteiger partial charge in [-0.05, 0) is 12.1 Å². The number of para-hydroxylation sites is 1. The van der Waals surface area contributed by atoms with Gasteiger partial charge in [0.05, 0.1) is 0 Å². The normalized spacial score (nSPS) is 11.2. The van der Waals surface area contributed by atoms with Gasteiger partial charge in [0, 0.05) is 0 Å². The molecule has 0 aliphatic carbocycles. The van der Waals surface area contributed by atoms with Gasteiger partial charge in [-0.3, -0.25) is 0 Å². The first-order chi connectivity index (χ1) is 5.58. The lowest BCUT2D eigenvalue weighted by atomic mass is 10.3. The Morgan fingerprint density at radius 1 is 1.08 bits per heavy atom. The van der Waals surface area contributed by atoms with Crippen LogP contribution in [0.5, 0.6) is 5.75 Å². The second-order valence-electron chi connectivity index (χ2n) is 2.22. The number of benzene rings is 1. The van der Waals surface area contributed by atoms with Gasteiger partial charge in [0.1, 0.15) is 5.75 Å². The average molecular weight is 192 g/mol. The van der Waals surface area contributed by atoms with Gasteiger partial charge in [0.25, 0.3) is 0 Å². The summed E-state index contributed by atoms with van der Waals surface area (Å²) in [5.74, 6) is 0.266. The molecule has 1 rings (SSSR count). The van der Waals surface area contributed by atoms with Crippen LogP contribution in [0.2, 0.25) is 0 Å². The van der Waals surface area contributed by atoms with Crippen LogP contribution in [0.4, 0.5) is 12.3 Å². The Morgan fingerprint density at radius 2 is 1.67 bits per heavy atom. The minimum absolute atomic E-state index is 0.266. The number of halogens is 3. The molecule has 0 spiro atoms. The molecule has 0 radical (unpaired) electrons. The Labute approximate surface area is 69.3 Å². The van der Waals surface area contributed by atoms with Crippen LogP contribution in [0.3, 0.4) is 0 Å². The van der Waals surface area contributed by atoms with Crippen LogP contribution in [0.1, 0.15) is 0 Å². The molecule has 0 saturated heterocycles. The van der Waals surface area contributed by atoms with Crippen LogP contribution < -0.4 is 4.74 Å². The highest BCUT2D eigenvalue weighted by Crippen LogP contribution is 2.13. The maximum atomic E-state index is 11.8. The van der Waals surface area contributed by atoms with Crippen LogP contribution >= 0.6 is 0 Å². The van der Waals surface area contributed by atoms with E-state index in [1.807, 2.05) is 0 Å². The summed E-state index contributed by atoms with van der Waals surface area (Å²) in [6.45, 7) is 0. The van der Waals surface area contributed by atoms with Crippen molar-refractivity contribution in [3.05, 3.63) is 30.3 Å². The van der Waals surface area contributed by atoms with Crippen molar-refractivity contribution >= 4 is 9.08 Å². The molecule has 0 N–H and O–H groups in total. The summed E-state index contributed by atoms with van der Waals surface area (Å²) in [6, 6.07) is 7.98. The van der Waals surface area contributed by atoms with Crippen molar-refractivity contribution in [1.82, 2.24) is 0 Å². The lowest BCUT2D eigenvalue weighted by Gasteiger charge is -2.05. The fourth-order valence-electron chi connectivity index (χ4n) is 0.682. The minimum Gasteiger partial charge on any atom is -0.488 e. The van der Waals surface area contributed by atoms with Crippen molar-refractivity contribution in [2.75, 3.05) is 6.23 Å². The van der Waals surface area contributed by atoms with Gasteiger partial charge in [-0.1, -0.05) is 18.2 Å². The van der Waals surface area contributed by atoms with Crippen LogP contribution in [0, 0.1) is 0 Å². The summed E-state index contributed by atoms with van der Waals surface area (Å²) in [4.78, 5) is 0. The first-order valence-corrected chi connectivity index (χ1v) is 5.16. The molecular weight excluding hydrogens is 185 g/mol. The number of rotatable bonds is 3. The monoisotopic (exact) mass is 192 g/mol. The van der Waals surface area contributed by atoms with Crippen molar-refractivity contribution < 1.29 is 17.1 Å². The predicted molar refractivity (Wildman–Crippen MR) is 41.0 cm³/mol. The molecule has 0 fully saturated rings. The average Bonchev–Trinajstić information content (AvgIpc) is 2.02. The van der Waals surface area contributed by atoms with Gasteiger partial charge in [0.2, 0.25) is 0 Å². The Hall–Kier alpha value is -0.973. The first-order valence-electron chi connectivity index (χ1n) is 3.32. The van der Waals surface area contributed by atoms with Gasteiger partial charge in [-0.15, -0.1) is 0 Å². The molecule has 1 aromatic carbocycles. The molecule has 66 valence electrons. The molecule has 0 unspecified atom stereocenters. The highest BCUT2D eigenvalue weighted by molar-refractivity contribution is 6.58. The van der Waals surface area contributed by atoms with E-state index in [4.69, 9.17) is 0 Å². The maximum Gasteiger partial charge on any atom is 0.656 e. The largest absolute Gasteiger partial charge is 0.656 e. The molecule has 5 heteroatoms. The summed E-state index contributed by atoms with van der Waals surface area (Å²) < 4.78 is 39.8. The Balaban J connectivity index is 2.44. The van der Waals surface area contributed by atoms with Gasteiger partial charge >= 0.3 is 9.08 Å². The topological polar surface area (TPSA) is 9.23 Å². The second kappa shape index (κ2) is 3.62. The lowest BCUT2D eigenvalue weighted by Crippen LogP contribution is -2.26. The molecule has 0 saturated carbocycles. The van der Waals surface area contributed by atoms with Crippen molar-refractivity contribution in [1.29, 1.82) is 0 Å². The Kier molecular flexibility index (Phi) is 2.75. The van der Waals surface area contributed by atoms with Gasteiger partial charge in [-0.25, -0.2) is 12.3 Å². The fraction of sp³-hybridized carbons (Fsp3) is 0.143. The maximum absolute atomic E-state index is 11.8. The lowest BCUT2D eigenvalue weighted by molar-refractivity contribution is 0.313. The van der Waals surface area contributed by atoms with Crippen molar-refractivity contribution in [3.8, 4) is 5.75 Å². The number of hydrogen-bond donors (Lipinski definition) is 0. The minimum atomic E-state index is -5.56. The van der Waals surface area contributed by atoms with Crippen LogP contribution in [0.15, 0.2) is 30.3 Å². The molecule has 0 amide bonds. The van der Waals surface area contributed by atoms with E-state index in [0.29, 0.717) is 0 Å². The van der Waals surface area contributed by atoms with Gasteiger partial charge in [-0.2, -0.15) is 0 Å². The summed E-state index contributed by atoms with van der Waals surface area (Å²) in [6.07, 6.45) is -1.10. The summed E-state index contributed by atoms with van der Waals surface area (Å²) >= 11 is 0. The van der Waals surface area contributed by atoms with Gasteiger partial charge < -0.3 is 4.74 Å². The molecule has 0 aliphatic rings. The van der Waals surface area contributed by atoms with E-state index in [9.17, 15) is 12.3 Å².